The number of ether oxygens (including phenoxy) is 1. The van der Waals surface area contributed by atoms with Gasteiger partial charge in [0.1, 0.15) is 5.82 Å². The molecule has 1 aliphatic carbocycles. The molecule has 0 spiro atoms. The number of carbonyl (C=O) groups excluding carboxylic acids is 2. The maximum absolute atomic E-state index is 13.6. The minimum Gasteiger partial charge on any atom is -0.477 e. The van der Waals surface area contributed by atoms with Crippen LogP contribution in [0.4, 0.5) is 4.39 Å². The van der Waals surface area contributed by atoms with Crippen LogP contribution in [-0.2, 0) is 9.59 Å². The number of carbonyl (C=O) groups is 2. The van der Waals surface area contributed by atoms with E-state index in [1.54, 1.807) is 18.3 Å². The van der Waals surface area contributed by atoms with Crippen molar-refractivity contribution in [2.45, 2.75) is 44.9 Å². The number of rotatable bonds is 6. The van der Waals surface area contributed by atoms with Gasteiger partial charge in [-0.15, -0.1) is 0 Å². The summed E-state index contributed by atoms with van der Waals surface area (Å²) in [5, 5.41) is 0.551. The van der Waals surface area contributed by atoms with Gasteiger partial charge in [-0.1, -0.05) is 30.7 Å². The molecule has 192 valence electrons. The fourth-order valence-corrected chi connectivity index (χ4v) is 5.61. The average molecular weight is 514 g/mol. The molecule has 5 rings (SSSR count). The molecule has 3 heterocycles. The van der Waals surface area contributed by atoms with E-state index in [2.05, 4.69) is 4.98 Å². The molecule has 2 atom stereocenters. The lowest BCUT2D eigenvalue weighted by molar-refractivity contribution is -0.144. The Morgan fingerprint density at radius 1 is 1.06 bits per heavy atom. The number of hydrogen-bond donors (Lipinski definition) is 0. The Labute approximate surface area is 216 Å². The fraction of sp³-hybridized carbons (Fsp3) is 0.536. The van der Waals surface area contributed by atoms with Gasteiger partial charge >= 0.3 is 0 Å². The van der Waals surface area contributed by atoms with Crippen molar-refractivity contribution in [3.05, 3.63) is 59.0 Å². The number of halogens is 2. The second-order valence-corrected chi connectivity index (χ2v) is 11.2. The van der Waals surface area contributed by atoms with E-state index in [-0.39, 0.29) is 40.8 Å². The van der Waals surface area contributed by atoms with Crippen molar-refractivity contribution in [1.82, 2.24) is 14.8 Å². The van der Waals surface area contributed by atoms with Crippen molar-refractivity contribution < 1.29 is 18.7 Å². The third-order valence-corrected chi connectivity index (χ3v) is 8.38. The zero-order valence-electron chi connectivity index (χ0n) is 20.7. The number of likely N-dealkylation sites (tertiary alicyclic amines) is 2. The van der Waals surface area contributed by atoms with Gasteiger partial charge in [-0.25, -0.2) is 9.37 Å². The van der Waals surface area contributed by atoms with Crippen molar-refractivity contribution in [1.29, 1.82) is 0 Å². The Morgan fingerprint density at radius 3 is 2.39 bits per heavy atom. The summed E-state index contributed by atoms with van der Waals surface area (Å²) in [6, 6.07) is 10.1. The molecule has 0 N–H and O–H groups in total. The van der Waals surface area contributed by atoms with Crippen LogP contribution < -0.4 is 4.74 Å². The predicted octanol–water partition coefficient (Wildman–Crippen LogP) is 4.92. The number of pyridine rings is 1. The third-order valence-electron chi connectivity index (χ3n) is 8.16. The van der Waals surface area contributed by atoms with Gasteiger partial charge in [-0.3, -0.25) is 9.59 Å². The van der Waals surface area contributed by atoms with Crippen molar-refractivity contribution in [3.63, 3.8) is 0 Å². The van der Waals surface area contributed by atoms with Crippen LogP contribution in [0.5, 0.6) is 5.88 Å². The highest BCUT2D eigenvalue weighted by Gasteiger charge is 2.48. The van der Waals surface area contributed by atoms with Crippen LogP contribution in [0.1, 0.15) is 50.5 Å². The Hall–Kier alpha value is -2.67. The Bertz CT molecular complexity index is 1080. The van der Waals surface area contributed by atoms with Crippen LogP contribution >= 0.6 is 11.6 Å². The molecule has 0 bridgehead atoms. The van der Waals surface area contributed by atoms with Crippen molar-refractivity contribution in [3.8, 4) is 5.88 Å². The van der Waals surface area contributed by atoms with E-state index < -0.39 is 0 Å². The largest absolute Gasteiger partial charge is 0.477 e. The molecule has 6 nitrogen and oxygen atoms in total. The highest BCUT2D eigenvalue weighted by Crippen LogP contribution is 2.47. The van der Waals surface area contributed by atoms with Crippen LogP contribution in [0.15, 0.2) is 42.6 Å². The number of piperidine rings is 2. The molecular formula is C28H33ClFN3O3. The van der Waals surface area contributed by atoms with E-state index >= 15 is 0 Å². The molecule has 1 aromatic heterocycles. The standard InChI is InChI=1S/C28H33ClFN3O3/c1-28(11-12-28)27(35)32-13-8-20(9-14-32)26(34)33-15-10-21(18-36-25-7-4-22(29)16-31-25)24(17-33)19-2-5-23(30)6-3-19/h2-7,16,20-21,24H,8-15,17-18H2,1H3. The van der Waals surface area contributed by atoms with Gasteiger partial charge in [-0.2, -0.15) is 0 Å². The lowest BCUT2D eigenvalue weighted by Gasteiger charge is -2.41. The number of aromatic nitrogens is 1. The third kappa shape index (κ3) is 5.51. The van der Waals surface area contributed by atoms with Gasteiger partial charge in [0, 0.05) is 61.6 Å². The number of amides is 2. The molecule has 2 aliphatic heterocycles. The molecule has 2 amide bonds. The van der Waals surface area contributed by atoms with E-state index in [0.717, 1.165) is 24.8 Å². The first-order valence-electron chi connectivity index (χ1n) is 12.9. The van der Waals surface area contributed by atoms with E-state index in [9.17, 15) is 14.0 Å². The van der Waals surface area contributed by atoms with Crippen LogP contribution in [0.25, 0.3) is 0 Å². The second kappa shape index (κ2) is 10.4. The first kappa shape index (κ1) is 25.0. The molecule has 2 saturated heterocycles. The first-order chi connectivity index (χ1) is 17.3. The van der Waals surface area contributed by atoms with E-state index in [0.29, 0.717) is 56.5 Å². The monoisotopic (exact) mass is 513 g/mol. The van der Waals surface area contributed by atoms with Crippen LogP contribution in [0.3, 0.4) is 0 Å². The van der Waals surface area contributed by atoms with E-state index in [1.165, 1.54) is 12.1 Å². The quantitative estimate of drug-likeness (QED) is 0.550. The topological polar surface area (TPSA) is 62.7 Å². The zero-order chi connectivity index (χ0) is 25.3. The molecular weight excluding hydrogens is 481 g/mol. The molecule has 2 aromatic rings. The normalized spacial score (nSPS) is 23.9. The molecule has 3 fully saturated rings. The summed E-state index contributed by atoms with van der Waals surface area (Å²) in [6.07, 6.45) is 5.72. The summed E-state index contributed by atoms with van der Waals surface area (Å²) in [5.41, 5.74) is 0.842. The molecule has 8 heteroatoms. The summed E-state index contributed by atoms with van der Waals surface area (Å²) in [6.45, 7) is 5.05. The van der Waals surface area contributed by atoms with Gasteiger partial charge < -0.3 is 14.5 Å². The smallest absolute Gasteiger partial charge is 0.228 e. The summed E-state index contributed by atoms with van der Waals surface area (Å²) in [7, 11) is 0. The van der Waals surface area contributed by atoms with Gasteiger partial charge in [0.25, 0.3) is 0 Å². The SMILES string of the molecule is CC1(C(=O)N2CCC(C(=O)N3CCC(COc4ccc(Cl)cn4)C(c4ccc(F)cc4)C3)CC2)CC1. The van der Waals surface area contributed by atoms with E-state index in [4.69, 9.17) is 16.3 Å². The number of hydrogen-bond acceptors (Lipinski definition) is 4. The van der Waals surface area contributed by atoms with Gasteiger partial charge in [0.05, 0.1) is 11.6 Å². The van der Waals surface area contributed by atoms with Crippen LogP contribution in [0.2, 0.25) is 5.02 Å². The van der Waals surface area contributed by atoms with Crippen molar-refractivity contribution in [2.24, 2.45) is 17.3 Å². The summed E-state index contributed by atoms with van der Waals surface area (Å²) < 4.78 is 19.6. The molecule has 36 heavy (non-hydrogen) atoms. The highest BCUT2D eigenvalue weighted by molar-refractivity contribution is 6.30. The Kier molecular flexibility index (Phi) is 7.20. The average Bonchev–Trinajstić information content (AvgIpc) is 3.66. The predicted molar refractivity (Wildman–Crippen MR) is 135 cm³/mol. The fourth-order valence-electron chi connectivity index (χ4n) is 5.50. The first-order valence-corrected chi connectivity index (χ1v) is 13.3. The summed E-state index contributed by atoms with van der Waals surface area (Å²) in [4.78, 5) is 34.3. The summed E-state index contributed by atoms with van der Waals surface area (Å²) in [5.74, 6) is 0.800. The highest BCUT2D eigenvalue weighted by atomic mass is 35.5. The minimum atomic E-state index is -0.276. The molecule has 1 saturated carbocycles. The number of nitrogens with zero attached hydrogens (tertiary/aromatic N) is 3. The van der Waals surface area contributed by atoms with Crippen molar-refractivity contribution in [2.75, 3.05) is 32.8 Å². The Morgan fingerprint density at radius 2 is 1.75 bits per heavy atom. The van der Waals surface area contributed by atoms with Crippen molar-refractivity contribution >= 4 is 23.4 Å². The zero-order valence-corrected chi connectivity index (χ0v) is 21.4. The molecule has 3 aliphatic rings. The van der Waals surface area contributed by atoms with Gasteiger partial charge in [0.15, 0.2) is 0 Å². The number of benzene rings is 1. The lowest BCUT2D eigenvalue weighted by Crippen LogP contribution is -2.49. The maximum atomic E-state index is 13.6. The van der Waals surface area contributed by atoms with Gasteiger partial charge in [0.2, 0.25) is 17.7 Å². The summed E-state index contributed by atoms with van der Waals surface area (Å²) >= 11 is 5.93. The maximum Gasteiger partial charge on any atom is 0.228 e. The lowest BCUT2D eigenvalue weighted by atomic mass is 9.80. The molecule has 0 radical (unpaired) electrons. The minimum absolute atomic E-state index is 0.0343. The van der Waals surface area contributed by atoms with Crippen LogP contribution in [-0.4, -0.2) is 59.4 Å². The second-order valence-electron chi connectivity index (χ2n) is 10.7. The van der Waals surface area contributed by atoms with Gasteiger partial charge in [-0.05, 0) is 55.9 Å². The molecule has 1 aromatic carbocycles. The van der Waals surface area contributed by atoms with E-state index in [1.807, 2.05) is 28.9 Å². The Balaban J connectivity index is 1.23. The molecule has 2 unspecified atom stereocenters. The van der Waals surface area contributed by atoms with Crippen LogP contribution in [0, 0.1) is 23.1 Å².